The number of methoxy groups -OCH3 is 1. The molecule has 80 valence electrons. The van der Waals surface area contributed by atoms with Crippen LogP contribution >= 0.6 is 0 Å². The molecule has 4 nitrogen and oxygen atoms in total. The zero-order valence-corrected chi connectivity index (χ0v) is 8.88. The number of nitriles is 1. The van der Waals surface area contributed by atoms with Crippen molar-refractivity contribution in [3.63, 3.8) is 0 Å². The summed E-state index contributed by atoms with van der Waals surface area (Å²) in [5, 5.41) is 12.4. The van der Waals surface area contributed by atoms with Gasteiger partial charge in [0.15, 0.2) is 0 Å². The Morgan fingerprint density at radius 3 is 3.07 bits per heavy atom. The molecule has 0 aliphatic carbocycles. The highest BCUT2D eigenvalue weighted by Gasteiger charge is 2.34. The molecule has 1 fully saturated rings. The van der Waals surface area contributed by atoms with E-state index < -0.39 is 5.54 Å². The Labute approximate surface area is 85.2 Å². The summed E-state index contributed by atoms with van der Waals surface area (Å²) in [5.74, 6) is 0. The van der Waals surface area contributed by atoms with Crippen molar-refractivity contribution >= 4 is 0 Å². The molecule has 1 heterocycles. The van der Waals surface area contributed by atoms with Crippen LogP contribution in [0.1, 0.15) is 19.8 Å². The largest absolute Gasteiger partial charge is 0.383 e. The van der Waals surface area contributed by atoms with Crippen LogP contribution < -0.4 is 5.32 Å². The lowest BCUT2D eigenvalue weighted by Crippen LogP contribution is -2.51. The fraction of sp³-hybridized carbons (Fsp3) is 0.900. The van der Waals surface area contributed by atoms with Crippen molar-refractivity contribution in [3.05, 3.63) is 0 Å². The maximum absolute atomic E-state index is 9.15. The van der Waals surface area contributed by atoms with Gasteiger partial charge in [-0.15, -0.1) is 0 Å². The second-order valence-corrected chi connectivity index (χ2v) is 3.75. The van der Waals surface area contributed by atoms with Crippen molar-refractivity contribution in [2.24, 2.45) is 0 Å². The SMILES string of the molecule is COCCNC1(C#N)CCOC(C)C1. The average Bonchev–Trinajstić information content (AvgIpc) is 2.18. The molecule has 2 unspecified atom stereocenters. The molecule has 4 heteroatoms. The summed E-state index contributed by atoms with van der Waals surface area (Å²) in [7, 11) is 1.66. The number of nitrogens with one attached hydrogen (secondary N) is 1. The molecule has 1 rings (SSSR count). The molecule has 14 heavy (non-hydrogen) atoms. The van der Waals surface area contributed by atoms with Crippen LogP contribution in [-0.4, -0.2) is 38.5 Å². The second kappa shape index (κ2) is 5.30. The molecule has 1 saturated heterocycles. The van der Waals surface area contributed by atoms with Crippen molar-refractivity contribution in [1.82, 2.24) is 5.32 Å². The summed E-state index contributed by atoms with van der Waals surface area (Å²) >= 11 is 0. The van der Waals surface area contributed by atoms with Gasteiger partial charge in [0.2, 0.25) is 0 Å². The minimum atomic E-state index is -0.407. The van der Waals surface area contributed by atoms with Crippen LogP contribution in [0.25, 0.3) is 0 Å². The van der Waals surface area contributed by atoms with Crippen LogP contribution in [0.15, 0.2) is 0 Å². The Kier molecular flexibility index (Phi) is 4.33. The van der Waals surface area contributed by atoms with Crippen LogP contribution in [0.4, 0.5) is 0 Å². The predicted molar refractivity (Wildman–Crippen MR) is 52.9 cm³/mol. The van der Waals surface area contributed by atoms with Crippen molar-refractivity contribution in [1.29, 1.82) is 5.26 Å². The molecule has 0 spiro atoms. The number of rotatable bonds is 4. The maximum atomic E-state index is 9.15. The van der Waals surface area contributed by atoms with Crippen LogP contribution in [0.3, 0.4) is 0 Å². The number of ether oxygens (including phenoxy) is 2. The van der Waals surface area contributed by atoms with E-state index in [4.69, 9.17) is 14.7 Å². The van der Waals surface area contributed by atoms with E-state index in [0.29, 0.717) is 13.2 Å². The third-order valence-corrected chi connectivity index (χ3v) is 2.55. The van der Waals surface area contributed by atoms with Crippen molar-refractivity contribution in [2.45, 2.75) is 31.4 Å². The Hall–Kier alpha value is -0.630. The van der Waals surface area contributed by atoms with Crippen LogP contribution in [0.2, 0.25) is 0 Å². The Morgan fingerprint density at radius 2 is 2.50 bits per heavy atom. The van der Waals surface area contributed by atoms with Crippen LogP contribution in [0, 0.1) is 11.3 Å². The fourth-order valence-electron chi connectivity index (χ4n) is 1.78. The molecule has 1 aliphatic rings. The van der Waals surface area contributed by atoms with Gasteiger partial charge in [-0.25, -0.2) is 0 Å². The molecular formula is C10H18N2O2. The highest BCUT2D eigenvalue weighted by atomic mass is 16.5. The third kappa shape index (κ3) is 2.95. The van der Waals surface area contributed by atoms with Crippen LogP contribution in [0.5, 0.6) is 0 Å². The molecule has 0 aromatic carbocycles. The topological polar surface area (TPSA) is 54.3 Å². The van der Waals surface area contributed by atoms with Gasteiger partial charge in [0.1, 0.15) is 5.54 Å². The molecule has 0 aromatic rings. The molecule has 0 bridgehead atoms. The van der Waals surface area contributed by atoms with E-state index in [1.165, 1.54) is 0 Å². The molecule has 0 aromatic heterocycles. The summed E-state index contributed by atoms with van der Waals surface area (Å²) < 4.78 is 10.4. The maximum Gasteiger partial charge on any atom is 0.111 e. The zero-order chi connectivity index (χ0) is 10.4. The van der Waals surface area contributed by atoms with Gasteiger partial charge >= 0.3 is 0 Å². The Bertz CT molecular complexity index is 215. The van der Waals surface area contributed by atoms with Gasteiger partial charge in [-0.3, -0.25) is 5.32 Å². The van der Waals surface area contributed by atoms with E-state index in [0.717, 1.165) is 19.4 Å². The smallest absolute Gasteiger partial charge is 0.111 e. The van der Waals surface area contributed by atoms with Crippen molar-refractivity contribution in [3.8, 4) is 6.07 Å². The summed E-state index contributed by atoms with van der Waals surface area (Å²) in [5.41, 5.74) is -0.407. The first-order chi connectivity index (χ1) is 6.72. The zero-order valence-electron chi connectivity index (χ0n) is 8.88. The number of nitrogens with zero attached hydrogens (tertiary/aromatic N) is 1. The molecule has 0 radical (unpaired) electrons. The first-order valence-corrected chi connectivity index (χ1v) is 4.99. The first-order valence-electron chi connectivity index (χ1n) is 4.99. The lowest BCUT2D eigenvalue weighted by molar-refractivity contribution is -0.00443. The predicted octanol–water partition coefficient (Wildman–Crippen LogP) is 0.684. The van der Waals surface area contributed by atoms with Crippen molar-refractivity contribution in [2.75, 3.05) is 26.9 Å². The Balaban J connectivity index is 2.44. The van der Waals surface area contributed by atoms with Gasteiger partial charge in [0, 0.05) is 33.1 Å². The summed E-state index contributed by atoms with van der Waals surface area (Å²) in [4.78, 5) is 0. The summed E-state index contributed by atoms with van der Waals surface area (Å²) in [6.45, 7) is 4.02. The highest BCUT2D eigenvalue weighted by Crippen LogP contribution is 2.23. The standard InChI is InChI=1S/C10H18N2O2/c1-9-7-10(8-11,3-5-14-9)12-4-6-13-2/h9,12H,3-7H2,1-2H3. The minimum Gasteiger partial charge on any atom is -0.383 e. The van der Waals surface area contributed by atoms with Crippen molar-refractivity contribution < 1.29 is 9.47 Å². The van der Waals surface area contributed by atoms with Gasteiger partial charge in [-0.2, -0.15) is 5.26 Å². The number of hydrogen-bond acceptors (Lipinski definition) is 4. The number of hydrogen-bond donors (Lipinski definition) is 1. The van der Waals surface area contributed by atoms with E-state index in [-0.39, 0.29) is 6.10 Å². The third-order valence-electron chi connectivity index (χ3n) is 2.55. The molecule has 0 amide bonds. The monoisotopic (exact) mass is 198 g/mol. The van der Waals surface area contributed by atoms with E-state index in [9.17, 15) is 0 Å². The first kappa shape index (κ1) is 11.4. The van der Waals surface area contributed by atoms with Gasteiger partial charge in [-0.1, -0.05) is 0 Å². The highest BCUT2D eigenvalue weighted by molar-refractivity contribution is 5.09. The van der Waals surface area contributed by atoms with E-state index >= 15 is 0 Å². The van der Waals surface area contributed by atoms with Gasteiger partial charge < -0.3 is 9.47 Å². The average molecular weight is 198 g/mol. The molecule has 2 atom stereocenters. The van der Waals surface area contributed by atoms with Gasteiger partial charge in [0.05, 0.1) is 18.8 Å². The van der Waals surface area contributed by atoms with E-state index in [2.05, 4.69) is 11.4 Å². The van der Waals surface area contributed by atoms with E-state index in [1.54, 1.807) is 7.11 Å². The summed E-state index contributed by atoms with van der Waals surface area (Å²) in [6, 6.07) is 2.36. The quantitative estimate of drug-likeness (QED) is 0.675. The van der Waals surface area contributed by atoms with Crippen LogP contribution in [-0.2, 0) is 9.47 Å². The normalized spacial score (nSPS) is 32.5. The van der Waals surface area contributed by atoms with Gasteiger partial charge in [-0.05, 0) is 6.92 Å². The minimum absolute atomic E-state index is 0.165. The second-order valence-electron chi connectivity index (χ2n) is 3.75. The molecule has 1 aliphatic heterocycles. The molecule has 1 N–H and O–H groups in total. The van der Waals surface area contributed by atoms with Gasteiger partial charge in [0.25, 0.3) is 0 Å². The fourth-order valence-corrected chi connectivity index (χ4v) is 1.78. The van der Waals surface area contributed by atoms with E-state index in [1.807, 2.05) is 6.92 Å². The Morgan fingerprint density at radius 1 is 1.71 bits per heavy atom. The lowest BCUT2D eigenvalue weighted by Gasteiger charge is -2.35. The summed E-state index contributed by atoms with van der Waals surface area (Å²) in [6.07, 6.45) is 1.68. The molecular weight excluding hydrogens is 180 g/mol. The molecule has 0 saturated carbocycles. The lowest BCUT2D eigenvalue weighted by atomic mass is 9.88.